The van der Waals surface area contributed by atoms with Gasteiger partial charge in [0.25, 0.3) is 0 Å². The molecule has 0 bridgehead atoms. The van der Waals surface area contributed by atoms with E-state index in [1.165, 1.54) is 38.6 Å². The van der Waals surface area contributed by atoms with Gasteiger partial charge in [0.2, 0.25) is 0 Å². The number of hydrogen-bond acceptors (Lipinski definition) is 2. The summed E-state index contributed by atoms with van der Waals surface area (Å²) >= 11 is 0. The molecule has 4 rings (SSSR count). The molecule has 3 aliphatic rings. The Morgan fingerprint density at radius 1 is 1.25 bits per heavy atom. The third kappa shape index (κ3) is 1.74. The summed E-state index contributed by atoms with van der Waals surface area (Å²) in [5.74, 6) is 3.59. The van der Waals surface area contributed by atoms with Crippen LogP contribution in [0.1, 0.15) is 49.7 Å². The van der Waals surface area contributed by atoms with Crippen molar-refractivity contribution in [1.82, 2.24) is 5.32 Å². The van der Waals surface area contributed by atoms with Gasteiger partial charge >= 0.3 is 0 Å². The highest BCUT2D eigenvalue weighted by atomic mass is 16.5. The van der Waals surface area contributed by atoms with Crippen LogP contribution >= 0.6 is 0 Å². The lowest BCUT2D eigenvalue weighted by Crippen LogP contribution is -2.50. The molecule has 0 spiro atoms. The molecule has 1 aliphatic heterocycles. The molecule has 0 radical (unpaired) electrons. The molecule has 1 heterocycles. The van der Waals surface area contributed by atoms with Crippen molar-refractivity contribution < 1.29 is 4.74 Å². The fourth-order valence-corrected chi connectivity index (χ4v) is 5.27. The molecule has 2 nitrogen and oxygen atoms in total. The lowest BCUT2D eigenvalue weighted by atomic mass is 9.58. The van der Waals surface area contributed by atoms with E-state index in [2.05, 4.69) is 30.4 Å². The average molecular weight is 271 g/mol. The Kier molecular flexibility index (Phi) is 2.85. The van der Waals surface area contributed by atoms with E-state index < -0.39 is 0 Å². The number of aryl methyl sites for hydroxylation is 1. The van der Waals surface area contributed by atoms with Crippen LogP contribution in [-0.2, 0) is 6.42 Å². The molecule has 0 aromatic heterocycles. The topological polar surface area (TPSA) is 21.3 Å². The van der Waals surface area contributed by atoms with Crippen LogP contribution in [0.25, 0.3) is 0 Å². The first-order chi connectivity index (χ1) is 9.71. The molecule has 1 N–H and O–H groups in total. The number of rotatable bonds is 1. The summed E-state index contributed by atoms with van der Waals surface area (Å²) in [6, 6.07) is 6.77. The second-order valence-electron chi connectivity index (χ2n) is 7.15. The smallest absolute Gasteiger partial charge is 0.119 e. The molecular weight excluding hydrogens is 246 g/mol. The van der Waals surface area contributed by atoms with Crippen LogP contribution < -0.4 is 10.1 Å². The molecule has 0 unspecified atom stereocenters. The van der Waals surface area contributed by atoms with Crippen molar-refractivity contribution in [3.8, 4) is 5.75 Å². The van der Waals surface area contributed by atoms with E-state index in [9.17, 15) is 0 Å². The summed E-state index contributed by atoms with van der Waals surface area (Å²) in [6.07, 6.45) is 6.67. The van der Waals surface area contributed by atoms with Crippen LogP contribution in [0, 0.1) is 11.8 Å². The predicted molar refractivity (Wildman–Crippen MR) is 81.3 cm³/mol. The minimum atomic E-state index is 0.422. The monoisotopic (exact) mass is 271 g/mol. The van der Waals surface area contributed by atoms with E-state index in [-0.39, 0.29) is 0 Å². The van der Waals surface area contributed by atoms with Gasteiger partial charge < -0.3 is 10.1 Å². The second kappa shape index (κ2) is 4.49. The molecule has 108 valence electrons. The van der Waals surface area contributed by atoms with Gasteiger partial charge in [0.1, 0.15) is 5.75 Å². The van der Waals surface area contributed by atoms with Crippen LogP contribution in [0.5, 0.6) is 5.75 Å². The molecule has 2 heteroatoms. The fraction of sp³-hybridized carbons (Fsp3) is 0.667. The van der Waals surface area contributed by atoms with E-state index in [1.54, 1.807) is 18.2 Å². The van der Waals surface area contributed by atoms with Crippen molar-refractivity contribution in [1.29, 1.82) is 0 Å². The Bertz CT molecular complexity index is 526. The highest BCUT2D eigenvalue weighted by molar-refractivity contribution is 5.40. The fourth-order valence-electron chi connectivity index (χ4n) is 5.27. The molecule has 1 saturated heterocycles. The van der Waals surface area contributed by atoms with Crippen molar-refractivity contribution in [2.45, 2.75) is 50.5 Å². The van der Waals surface area contributed by atoms with Crippen LogP contribution in [0.4, 0.5) is 0 Å². The van der Waals surface area contributed by atoms with Gasteiger partial charge in [-0.15, -0.1) is 0 Å². The third-order valence-corrected chi connectivity index (χ3v) is 6.31. The Balaban J connectivity index is 1.69. The Morgan fingerprint density at radius 3 is 3.00 bits per heavy atom. The minimum absolute atomic E-state index is 0.422. The zero-order valence-electron chi connectivity index (χ0n) is 12.6. The lowest BCUT2D eigenvalue weighted by Gasteiger charge is -2.49. The highest BCUT2D eigenvalue weighted by Gasteiger charge is 2.50. The number of ether oxygens (including phenoxy) is 1. The standard InChI is InChI=1S/C18H25NO/c1-18-9-7-15-14-6-4-13(20-2)11-12(14)3-5-16(15)17(18)8-10-19-18/h4,6,11,15-17,19H,3,5,7-10H2,1-2H3/t15-,16-,17+,18+/m1/s1. The molecule has 1 aromatic rings. The van der Waals surface area contributed by atoms with E-state index in [4.69, 9.17) is 4.74 Å². The van der Waals surface area contributed by atoms with E-state index in [1.807, 2.05) is 0 Å². The molecule has 4 atom stereocenters. The van der Waals surface area contributed by atoms with Crippen LogP contribution in [-0.4, -0.2) is 19.2 Å². The first kappa shape index (κ1) is 12.7. The molecule has 1 saturated carbocycles. The molecule has 2 aliphatic carbocycles. The number of nitrogens with one attached hydrogen (secondary N) is 1. The van der Waals surface area contributed by atoms with Crippen LogP contribution in [0.2, 0.25) is 0 Å². The van der Waals surface area contributed by atoms with Gasteiger partial charge in [-0.05, 0) is 86.6 Å². The second-order valence-corrected chi connectivity index (χ2v) is 7.15. The van der Waals surface area contributed by atoms with Crippen molar-refractivity contribution in [3.63, 3.8) is 0 Å². The number of methoxy groups -OCH3 is 1. The maximum absolute atomic E-state index is 5.39. The maximum Gasteiger partial charge on any atom is 0.119 e. The average Bonchev–Trinajstić information content (AvgIpc) is 2.88. The predicted octanol–water partition coefficient (Wildman–Crippen LogP) is 3.50. The SMILES string of the molecule is COc1ccc2c(c1)CC[C@@H]1[C@@H]2CC[C@]2(C)NCC[C@@H]12. The summed E-state index contributed by atoms with van der Waals surface area (Å²) in [4.78, 5) is 0. The van der Waals surface area contributed by atoms with Gasteiger partial charge in [0, 0.05) is 5.54 Å². The van der Waals surface area contributed by atoms with Gasteiger partial charge in [-0.3, -0.25) is 0 Å². The first-order valence-electron chi connectivity index (χ1n) is 8.13. The molecule has 1 aromatic carbocycles. The van der Waals surface area contributed by atoms with E-state index >= 15 is 0 Å². The number of fused-ring (bicyclic) bond motifs is 5. The Labute approximate surface area is 121 Å². The van der Waals surface area contributed by atoms with Gasteiger partial charge in [0.15, 0.2) is 0 Å². The maximum atomic E-state index is 5.39. The molecular formula is C18H25NO. The minimum Gasteiger partial charge on any atom is -0.497 e. The number of hydrogen-bond donors (Lipinski definition) is 1. The van der Waals surface area contributed by atoms with Crippen molar-refractivity contribution >= 4 is 0 Å². The summed E-state index contributed by atoms with van der Waals surface area (Å²) in [5.41, 5.74) is 3.58. The normalized spacial score (nSPS) is 38.8. The van der Waals surface area contributed by atoms with Crippen molar-refractivity contribution in [3.05, 3.63) is 29.3 Å². The van der Waals surface area contributed by atoms with E-state index in [0.29, 0.717) is 5.54 Å². The summed E-state index contributed by atoms with van der Waals surface area (Å²) in [6.45, 7) is 3.68. The van der Waals surface area contributed by atoms with Gasteiger partial charge in [-0.25, -0.2) is 0 Å². The zero-order chi connectivity index (χ0) is 13.7. The third-order valence-electron chi connectivity index (χ3n) is 6.31. The Morgan fingerprint density at radius 2 is 2.15 bits per heavy atom. The Hall–Kier alpha value is -1.02. The van der Waals surface area contributed by atoms with Crippen molar-refractivity contribution in [2.75, 3.05) is 13.7 Å². The number of benzene rings is 1. The molecule has 0 amide bonds. The summed E-state index contributed by atoms with van der Waals surface area (Å²) in [5, 5.41) is 3.79. The van der Waals surface area contributed by atoms with Gasteiger partial charge in [0.05, 0.1) is 7.11 Å². The van der Waals surface area contributed by atoms with Crippen LogP contribution in [0.15, 0.2) is 18.2 Å². The molecule has 2 fully saturated rings. The van der Waals surface area contributed by atoms with Gasteiger partial charge in [-0.2, -0.15) is 0 Å². The molecule has 20 heavy (non-hydrogen) atoms. The largest absolute Gasteiger partial charge is 0.497 e. The quantitative estimate of drug-likeness (QED) is 0.844. The summed E-state index contributed by atoms with van der Waals surface area (Å²) in [7, 11) is 1.77. The first-order valence-corrected chi connectivity index (χ1v) is 8.13. The van der Waals surface area contributed by atoms with Crippen molar-refractivity contribution in [2.24, 2.45) is 11.8 Å². The van der Waals surface area contributed by atoms with Crippen LogP contribution in [0.3, 0.4) is 0 Å². The van der Waals surface area contributed by atoms with Gasteiger partial charge in [-0.1, -0.05) is 6.07 Å². The highest BCUT2D eigenvalue weighted by Crippen LogP contribution is 2.54. The van der Waals surface area contributed by atoms with E-state index in [0.717, 1.165) is 23.5 Å². The zero-order valence-corrected chi connectivity index (χ0v) is 12.6. The summed E-state index contributed by atoms with van der Waals surface area (Å²) < 4.78 is 5.39. The lowest BCUT2D eigenvalue weighted by molar-refractivity contribution is 0.106.